The topological polar surface area (TPSA) is 101 Å². The molecule has 2 heterocycles. The van der Waals surface area contributed by atoms with Gasteiger partial charge in [0.05, 0.1) is 18.4 Å². The van der Waals surface area contributed by atoms with Gasteiger partial charge in [-0.25, -0.2) is 9.78 Å². The number of nitrogens with zero attached hydrogens (tertiary/aromatic N) is 3. The van der Waals surface area contributed by atoms with Crippen LogP contribution in [0.2, 0.25) is 0 Å². The number of alkyl halides is 3. The Balaban J connectivity index is 0.000000429. The van der Waals surface area contributed by atoms with Crippen molar-refractivity contribution in [1.29, 1.82) is 0 Å². The molecule has 2 aromatic rings. The minimum atomic E-state index is -5.08. The number of carboxylic acids is 1. The fraction of sp³-hybridized carbons (Fsp3) is 0.480. The molecule has 3 N–H and O–H groups in total. The largest absolute Gasteiger partial charge is 0.490 e. The monoisotopic (exact) mass is 492 g/mol. The number of piperidine rings is 1. The van der Waals surface area contributed by atoms with Crippen LogP contribution < -0.4 is 5.73 Å². The lowest BCUT2D eigenvalue weighted by atomic mass is 9.85. The summed E-state index contributed by atoms with van der Waals surface area (Å²) < 4.78 is 33.6. The number of amides is 1. The van der Waals surface area contributed by atoms with Crippen LogP contribution in [0.1, 0.15) is 61.3 Å². The average molecular weight is 493 g/mol. The minimum Gasteiger partial charge on any atom is -0.475 e. The molecule has 1 aromatic carbocycles. The number of aromatic nitrogens is 2. The molecule has 4 rings (SSSR count). The van der Waals surface area contributed by atoms with Gasteiger partial charge in [0.25, 0.3) is 0 Å². The van der Waals surface area contributed by atoms with Crippen LogP contribution in [-0.4, -0.2) is 50.7 Å². The van der Waals surface area contributed by atoms with Crippen molar-refractivity contribution in [1.82, 2.24) is 14.5 Å². The third-order valence-electron chi connectivity index (χ3n) is 6.37. The van der Waals surface area contributed by atoms with E-state index in [-0.39, 0.29) is 5.91 Å². The fourth-order valence-corrected chi connectivity index (χ4v) is 4.48. The molecule has 0 saturated carbocycles. The Morgan fingerprint density at radius 2 is 1.89 bits per heavy atom. The summed E-state index contributed by atoms with van der Waals surface area (Å²) in [6.45, 7) is 1.64. The van der Waals surface area contributed by atoms with Crippen LogP contribution >= 0.6 is 0 Å². The van der Waals surface area contributed by atoms with Gasteiger partial charge in [0.2, 0.25) is 5.91 Å². The first-order valence-electron chi connectivity index (χ1n) is 11.7. The van der Waals surface area contributed by atoms with Crippen LogP contribution in [0.25, 0.3) is 5.57 Å². The molecule has 1 saturated heterocycles. The molecular formula is C25H31F3N4O3. The van der Waals surface area contributed by atoms with Gasteiger partial charge in [-0.1, -0.05) is 12.1 Å². The number of nitrogens with two attached hydrogens (primary N) is 1. The van der Waals surface area contributed by atoms with Crippen LogP contribution in [0, 0.1) is 0 Å². The number of imidazole rings is 1. The van der Waals surface area contributed by atoms with Crippen LogP contribution in [0.5, 0.6) is 0 Å². The number of carbonyl (C=O) groups excluding carboxylic acids is 1. The Bertz CT molecular complexity index is 1070. The van der Waals surface area contributed by atoms with Crippen molar-refractivity contribution in [3.63, 3.8) is 0 Å². The molecule has 1 amide bonds. The van der Waals surface area contributed by atoms with E-state index in [0.29, 0.717) is 12.3 Å². The average Bonchev–Trinajstić information content (AvgIpc) is 3.24. The van der Waals surface area contributed by atoms with Crippen molar-refractivity contribution in [3.8, 4) is 0 Å². The number of likely N-dealkylation sites (tertiary alicyclic amines) is 1. The Hall–Kier alpha value is -3.30. The molecule has 0 bridgehead atoms. The number of allylic oxidation sites excluding steroid dienone is 2. The van der Waals surface area contributed by atoms with Crippen LogP contribution in [0.3, 0.4) is 0 Å². The van der Waals surface area contributed by atoms with E-state index in [1.54, 1.807) is 6.33 Å². The molecule has 0 radical (unpaired) electrons. The quantitative estimate of drug-likeness (QED) is 0.610. The second kappa shape index (κ2) is 11.4. The number of anilines is 1. The second-order valence-electron chi connectivity index (χ2n) is 8.99. The molecule has 0 atom stereocenters. The molecule has 10 heteroatoms. The normalized spacial score (nSPS) is 16.8. The van der Waals surface area contributed by atoms with E-state index < -0.39 is 12.1 Å². The lowest BCUT2D eigenvalue weighted by molar-refractivity contribution is -0.192. The highest BCUT2D eigenvalue weighted by molar-refractivity contribution is 5.78. The summed E-state index contributed by atoms with van der Waals surface area (Å²) in [5.74, 6) is -2.07. The second-order valence-corrected chi connectivity index (χ2v) is 8.99. The van der Waals surface area contributed by atoms with E-state index in [1.807, 2.05) is 22.7 Å². The molecule has 7 nitrogen and oxygen atoms in total. The highest BCUT2D eigenvalue weighted by atomic mass is 19.4. The van der Waals surface area contributed by atoms with Crippen molar-refractivity contribution in [2.75, 3.05) is 18.8 Å². The van der Waals surface area contributed by atoms with Gasteiger partial charge in [0.1, 0.15) is 0 Å². The molecule has 1 aliphatic carbocycles. The van der Waals surface area contributed by atoms with Crippen LogP contribution in [0.4, 0.5) is 18.9 Å². The smallest absolute Gasteiger partial charge is 0.475 e. The zero-order valence-corrected chi connectivity index (χ0v) is 19.7. The minimum absolute atomic E-state index is 0.183. The summed E-state index contributed by atoms with van der Waals surface area (Å²) in [6.07, 6.45) is 8.19. The predicted molar refractivity (Wildman–Crippen MR) is 126 cm³/mol. The van der Waals surface area contributed by atoms with E-state index in [4.69, 9.17) is 15.6 Å². The maximum absolute atomic E-state index is 12.6. The van der Waals surface area contributed by atoms with Crippen molar-refractivity contribution >= 4 is 23.1 Å². The molecule has 0 spiro atoms. The summed E-state index contributed by atoms with van der Waals surface area (Å²) in [5, 5.41) is 7.12. The van der Waals surface area contributed by atoms with Crippen molar-refractivity contribution < 1.29 is 27.9 Å². The van der Waals surface area contributed by atoms with Gasteiger partial charge < -0.3 is 20.3 Å². The van der Waals surface area contributed by atoms with E-state index in [9.17, 15) is 18.0 Å². The van der Waals surface area contributed by atoms with Gasteiger partial charge >= 0.3 is 12.1 Å². The maximum atomic E-state index is 12.6. The predicted octanol–water partition coefficient (Wildman–Crippen LogP) is 4.54. The highest BCUT2D eigenvalue weighted by Gasteiger charge is 2.38. The molecule has 35 heavy (non-hydrogen) atoms. The highest BCUT2D eigenvalue weighted by Crippen LogP contribution is 2.35. The molecule has 2 aliphatic rings. The van der Waals surface area contributed by atoms with E-state index >= 15 is 0 Å². The first-order valence-corrected chi connectivity index (χ1v) is 11.7. The fourth-order valence-electron chi connectivity index (χ4n) is 4.48. The molecular weight excluding hydrogens is 461 g/mol. The Morgan fingerprint density at radius 3 is 2.43 bits per heavy atom. The number of aliphatic carboxylic acids is 1. The number of carboxylic acid groups (broad SMARTS) is 1. The number of benzene rings is 1. The third kappa shape index (κ3) is 7.34. The lowest BCUT2D eigenvalue weighted by Crippen LogP contribution is -2.38. The van der Waals surface area contributed by atoms with Gasteiger partial charge in [-0.3, -0.25) is 4.79 Å². The van der Waals surface area contributed by atoms with Gasteiger partial charge in [-0.15, -0.1) is 0 Å². The number of carbonyl (C=O) groups is 2. The first-order chi connectivity index (χ1) is 16.5. The van der Waals surface area contributed by atoms with Crippen LogP contribution in [-0.2, 0) is 23.1 Å². The number of hydrogen-bond acceptors (Lipinski definition) is 4. The van der Waals surface area contributed by atoms with E-state index in [2.05, 4.69) is 29.3 Å². The summed E-state index contributed by atoms with van der Waals surface area (Å²) in [7, 11) is 1.93. The molecule has 1 fully saturated rings. The van der Waals surface area contributed by atoms with Gasteiger partial charge in [0.15, 0.2) is 0 Å². The Morgan fingerprint density at radius 1 is 1.20 bits per heavy atom. The summed E-state index contributed by atoms with van der Waals surface area (Å²) in [6, 6.07) is 6.56. The Kier molecular flexibility index (Phi) is 8.58. The van der Waals surface area contributed by atoms with Crippen molar-refractivity contribution in [2.24, 2.45) is 7.05 Å². The van der Waals surface area contributed by atoms with Gasteiger partial charge in [0, 0.05) is 37.6 Å². The zero-order valence-electron chi connectivity index (χ0n) is 19.7. The SMILES string of the molecule is Cn1cnc(CC(=O)N2CCC(c3ccc(N)c(C4=CCCCC4)c3)CC2)c1.O=C(O)C(F)(F)F. The lowest BCUT2D eigenvalue weighted by Gasteiger charge is -2.32. The maximum Gasteiger partial charge on any atom is 0.490 e. The van der Waals surface area contributed by atoms with Crippen LogP contribution in [0.15, 0.2) is 36.8 Å². The molecule has 0 unspecified atom stereocenters. The molecule has 1 aromatic heterocycles. The van der Waals surface area contributed by atoms with Gasteiger partial charge in [-0.2, -0.15) is 13.2 Å². The molecule has 1 aliphatic heterocycles. The van der Waals surface area contributed by atoms with Gasteiger partial charge in [-0.05, 0) is 67.7 Å². The standard InChI is InChI=1S/C23H30N4O.C2HF3O2/c1-26-15-20(25-16-26)14-23(28)27-11-9-17(10-12-27)19-7-8-22(24)21(13-19)18-5-3-2-4-6-18;3-2(4,5)1(6)7/h5,7-8,13,15-17H,2-4,6,9-12,14,24H2,1H3;(H,6,7). The van der Waals surface area contributed by atoms with Crippen molar-refractivity contribution in [2.45, 2.75) is 57.0 Å². The number of hydrogen-bond donors (Lipinski definition) is 2. The summed E-state index contributed by atoms with van der Waals surface area (Å²) in [4.78, 5) is 27.7. The summed E-state index contributed by atoms with van der Waals surface area (Å²) >= 11 is 0. The Labute approximate surface area is 202 Å². The number of rotatable bonds is 4. The molecule has 190 valence electrons. The van der Waals surface area contributed by atoms with E-state index in [0.717, 1.165) is 50.2 Å². The number of halogens is 3. The van der Waals surface area contributed by atoms with Crippen molar-refractivity contribution in [3.05, 3.63) is 53.6 Å². The number of aryl methyl sites for hydroxylation is 1. The third-order valence-corrected chi connectivity index (χ3v) is 6.37. The zero-order chi connectivity index (χ0) is 25.6. The summed E-state index contributed by atoms with van der Waals surface area (Å²) in [5.41, 5.74) is 12.0. The van der Waals surface area contributed by atoms with E-state index in [1.165, 1.54) is 29.5 Å². The first kappa shape index (κ1) is 26.3. The number of nitrogen functional groups attached to an aromatic ring is 1.